The van der Waals surface area contributed by atoms with Crippen LogP contribution in [0.5, 0.6) is 0 Å². The van der Waals surface area contributed by atoms with Crippen LogP contribution in [0, 0.1) is 0 Å². The maximum Gasteiger partial charge on any atom is 0.416 e. The van der Waals surface area contributed by atoms with Crippen molar-refractivity contribution in [2.24, 2.45) is 0 Å². The Balaban J connectivity index is 1.48. The molecule has 220 valence electrons. The Morgan fingerprint density at radius 3 is 2.41 bits per heavy atom. The number of rotatable bonds is 7. The van der Waals surface area contributed by atoms with Gasteiger partial charge in [-0.2, -0.15) is 13.2 Å². The van der Waals surface area contributed by atoms with Crippen LogP contribution in [0.1, 0.15) is 84.7 Å². The molecule has 1 aliphatic heterocycles. The molecule has 2 aromatic carbocycles. The predicted molar refractivity (Wildman–Crippen MR) is 151 cm³/mol. The number of halogens is 3. The van der Waals surface area contributed by atoms with Gasteiger partial charge < -0.3 is 20.1 Å². The average molecular weight is 590 g/mol. The first kappa shape index (κ1) is 30.5. The van der Waals surface area contributed by atoms with Gasteiger partial charge in [-0.05, 0) is 74.9 Å². The van der Waals surface area contributed by atoms with Gasteiger partial charge in [0, 0.05) is 31.1 Å². The van der Waals surface area contributed by atoms with E-state index in [9.17, 15) is 22.8 Å². The van der Waals surface area contributed by atoms with Crippen LogP contribution in [-0.2, 0) is 22.2 Å². The van der Waals surface area contributed by atoms with Gasteiger partial charge in [0.2, 0.25) is 0 Å². The largest absolute Gasteiger partial charge is 0.444 e. The summed E-state index contributed by atoms with van der Waals surface area (Å²) in [5.41, 5.74) is 1.58. The second-order valence-electron chi connectivity index (χ2n) is 11.0. The number of carbonyl (C=O) groups excluding carboxylic acids is 2. The zero-order valence-corrected chi connectivity index (χ0v) is 24.2. The van der Waals surface area contributed by atoms with Crippen LogP contribution in [-0.4, -0.2) is 35.8 Å². The van der Waals surface area contributed by atoms with Gasteiger partial charge in [-0.3, -0.25) is 4.79 Å². The second-order valence-corrected chi connectivity index (χ2v) is 11.9. The number of aromatic nitrogens is 1. The van der Waals surface area contributed by atoms with Crippen molar-refractivity contribution in [2.75, 3.05) is 13.2 Å². The number of hydrogen-bond acceptors (Lipinski definition) is 6. The molecule has 0 bridgehead atoms. The van der Waals surface area contributed by atoms with Gasteiger partial charge in [0.25, 0.3) is 5.91 Å². The molecule has 0 spiro atoms. The summed E-state index contributed by atoms with van der Waals surface area (Å²) < 4.78 is 51.2. The molecular formula is C30H34F3N3O4S. The first-order valence-electron chi connectivity index (χ1n) is 13.4. The van der Waals surface area contributed by atoms with Gasteiger partial charge in [-0.15, -0.1) is 11.3 Å². The smallest absolute Gasteiger partial charge is 0.416 e. The molecule has 1 fully saturated rings. The van der Waals surface area contributed by atoms with E-state index in [1.165, 1.54) is 17.4 Å². The minimum Gasteiger partial charge on any atom is -0.444 e. The molecule has 0 aliphatic carbocycles. The predicted octanol–water partition coefficient (Wildman–Crippen LogP) is 7.24. The third-order valence-electron chi connectivity index (χ3n) is 6.68. The molecule has 7 nitrogen and oxygen atoms in total. The lowest BCUT2D eigenvalue weighted by molar-refractivity contribution is -0.137. The summed E-state index contributed by atoms with van der Waals surface area (Å²) in [6.07, 6.45) is -3.41. The Morgan fingerprint density at radius 2 is 1.78 bits per heavy atom. The van der Waals surface area contributed by atoms with Crippen molar-refractivity contribution in [3.05, 3.63) is 75.2 Å². The fourth-order valence-corrected chi connectivity index (χ4v) is 5.32. The lowest BCUT2D eigenvalue weighted by Crippen LogP contribution is -2.32. The molecule has 11 heteroatoms. The number of thiazole rings is 1. The molecular weight excluding hydrogens is 555 g/mol. The lowest BCUT2D eigenvalue weighted by atomic mass is 9.95. The lowest BCUT2D eigenvalue weighted by Gasteiger charge is -2.20. The van der Waals surface area contributed by atoms with E-state index in [1.807, 2.05) is 12.3 Å². The average Bonchev–Trinajstić information content (AvgIpc) is 3.42. The van der Waals surface area contributed by atoms with E-state index >= 15 is 0 Å². The van der Waals surface area contributed by atoms with E-state index in [1.54, 1.807) is 45.0 Å². The summed E-state index contributed by atoms with van der Waals surface area (Å²) in [4.78, 5) is 29.5. The molecule has 4 rings (SSSR count). The SMILES string of the molecule is C[C@@H](NC(=O)c1nc(C2CCOCC2)cs1)c1ccc(-c2cc(C(F)(F)F)ccc2CNC(=O)OC(C)(C)C)cc1. The Hall–Kier alpha value is -3.44. The topological polar surface area (TPSA) is 89.5 Å². The van der Waals surface area contributed by atoms with Crippen molar-refractivity contribution in [3.63, 3.8) is 0 Å². The highest BCUT2D eigenvalue weighted by Crippen LogP contribution is 2.35. The monoisotopic (exact) mass is 589 g/mol. The summed E-state index contributed by atoms with van der Waals surface area (Å²) >= 11 is 1.31. The van der Waals surface area contributed by atoms with Crippen LogP contribution in [0.3, 0.4) is 0 Å². The number of alkyl halides is 3. The van der Waals surface area contributed by atoms with Gasteiger partial charge in [0.1, 0.15) is 5.60 Å². The summed E-state index contributed by atoms with van der Waals surface area (Å²) in [5.74, 6) is 0.0184. The highest BCUT2D eigenvalue weighted by atomic mass is 32.1. The Labute approximate surface area is 241 Å². The summed E-state index contributed by atoms with van der Waals surface area (Å²) in [6, 6.07) is 10.0. The van der Waals surface area contributed by atoms with Crippen LogP contribution in [0.15, 0.2) is 47.8 Å². The van der Waals surface area contributed by atoms with Crippen molar-refractivity contribution in [2.45, 2.75) is 70.8 Å². The maximum atomic E-state index is 13.5. The summed E-state index contributed by atoms with van der Waals surface area (Å²) in [6.45, 7) is 8.38. The molecule has 0 saturated carbocycles. The highest BCUT2D eigenvalue weighted by Gasteiger charge is 2.31. The van der Waals surface area contributed by atoms with Crippen LogP contribution < -0.4 is 10.6 Å². The maximum absolute atomic E-state index is 13.5. The standard InChI is InChI=1S/C30H34F3N3O4S/c1-18(35-26(37)27-36-25(17-41-27)21-11-13-39-14-12-21)19-5-7-20(8-6-19)24-15-23(30(31,32)33)10-9-22(24)16-34-28(38)40-29(2,3)4/h5-10,15,17-18,21H,11-14,16H2,1-4H3,(H,34,38)(H,35,37)/t18-/m1/s1. The van der Waals surface area contributed by atoms with E-state index < -0.39 is 23.4 Å². The van der Waals surface area contributed by atoms with Crippen molar-refractivity contribution >= 4 is 23.3 Å². The quantitative estimate of drug-likeness (QED) is 0.303. The number of benzene rings is 2. The summed E-state index contributed by atoms with van der Waals surface area (Å²) in [7, 11) is 0. The molecule has 41 heavy (non-hydrogen) atoms. The van der Waals surface area contributed by atoms with Crippen molar-refractivity contribution in [3.8, 4) is 11.1 Å². The zero-order chi connectivity index (χ0) is 29.8. The van der Waals surface area contributed by atoms with Crippen LogP contribution >= 0.6 is 11.3 Å². The molecule has 3 aromatic rings. The number of nitrogens with zero attached hydrogens (tertiary/aromatic N) is 1. The van der Waals surface area contributed by atoms with E-state index in [0.717, 1.165) is 36.2 Å². The first-order chi connectivity index (χ1) is 19.3. The molecule has 2 heterocycles. The van der Waals surface area contributed by atoms with E-state index in [0.29, 0.717) is 40.8 Å². The van der Waals surface area contributed by atoms with Gasteiger partial charge in [0.15, 0.2) is 5.01 Å². The molecule has 1 aromatic heterocycles. The fourth-order valence-electron chi connectivity index (χ4n) is 4.52. The summed E-state index contributed by atoms with van der Waals surface area (Å²) in [5, 5.41) is 7.88. The Bertz CT molecular complexity index is 1360. The Kier molecular flexibility index (Phi) is 9.38. The third kappa shape index (κ3) is 8.29. The van der Waals surface area contributed by atoms with Crippen LogP contribution in [0.2, 0.25) is 0 Å². The Morgan fingerprint density at radius 1 is 1.10 bits per heavy atom. The van der Waals surface area contributed by atoms with Crippen molar-refractivity contribution in [1.29, 1.82) is 0 Å². The van der Waals surface area contributed by atoms with Crippen molar-refractivity contribution < 1.29 is 32.2 Å². The number of ether oxygens (including phenoxy) is 2. The molecule has 1 saturated heterocycles. The van der Waals surface area contributed by atoms with E-state index in [-0.39, 0.29) is 18.5 Å². The molecule has 0 unspecified atom stereocenters. The van der Waals surface area contributed by atoms with Crippen LogP contribution in [0.4, 0.5) is 18.0 Å². The van der Waals surface area contributed by atoms with Gasteiger partial charge in [-0.1, -0.05) is 30.3 Å². The molecule has 2 amide bonds. The number of hydrogen-bond donors (Lipinski definition) is 2. The normalized spacial score (nSPS) is 15.3. The fraction of sp³-hybridized carbons (Fsp3) is 0.433. The third-order valence-corrected chi connectivity index (χ3v) is 7.54. The van der Waals surface area contributed by atoms with E-state index in [4.69, 9.17) is 9.47 Å². The first-order valence-corrected chi connectivity index (χ1v) is 14.3. The van der Waals surface area contributed by atoms with Crippen LogP contribution in [0.25, 0.3) is 11.1 Å². The zero-order valence-electron chi connectivity index (χ0n) is 23.4. The highest BCUT2D eigenvalue weighted by molar-refractivity contribution is 7.11. The number of carbonyl (C=O) groups is 2. The van der Waals surface area contributed by atoms with Gasteiger partial charge in [-0.25, -0.2) is 9.78 Å². The van der Waals surface area contributed by atoms with Crippen molar-refractivity contribution in [1.82, 2.24) is 15.6 Å². The minimum atomic E-state index is -4.52. The second kappa shape index (κ2) is 12.6. The minimum absolute atomic E-state index is 0.0136. The van der Waals surface area contributed by atoms with Gasteiger partial charge >= 0.3 is 12.3 Å². The number of amides is 2. The van der Waals surface area contributed by atoms with E-state index in [2.05, 4.69) is 15.6 Å². The molecule has 0 radical (unpaired) electrons. The molecule has 1 aliphatic rings. The number of nitrogens with one attached hydrogen (secondary N) is 2. The van der Waals surface area contributed by atoms with Gasteiger partial charge in [0.05, 0.1) is 17.3 Å². The number of alkyl carbamates (subject to hydrolysis) is 1. The molecule has 1 atom stereocenters. The molecule has 2 N–H and O–H groups in total.